The van der Waals surface area contributed by atoms with Crippen molar-refractivity contribution in [1.82, 2.24) is 4.90 Å². The minimum absolute atomic E-state index is 0.172. The van der Waals surface area contributed by atoms with Crippen LogP contribution in [0.4, 0.5) is 4.79 Å². The molecule has 1 heterocycles. The van der Waals surface area contributed by atoms with Gasteiger partial charge < -0.3 is 14.4 Å². The second kappa shape index (κ2) is 5.53. The third-order valence-electron chi connectivity index (χ3n) is 2.40. The highest BCUT2D eigenvalue weighted by Gasteiger charge is 2.27. The number of hydrogen-bond acceptors (Lipinski definition) is 3. The summed E-state index contributed by atoms with van der Waals surface area (Å²) >= 11 is 0. The molecule has 0 aromatic rings. The molecule has 0 aromatic carbocycles. The summed E-state index contributed by atoms with van der Waals surface area (Å²) in [7, 11) is 0. The SMILES string of the molecule is CCCC1CN(C(=O)OC(C)(C)C)CCO1. The van der Waals surface area contributed by atoms with E-state index in [9.17, 15) is 4.79 Å². The summed E-state index contributed by atoms with van der Waals surface area (Å²) in [6.07, 6.45) is 2.02. The molecule has 1 rings (SSSR count). The van der Waals surface area contributed by atoms with Crippen LogP contribution in [0.2, 0.25) is 0 Å². The minimum atomic E-state index is -0.421. The molecule has 0 aromatic heterocycles. The molecule has 0 aliphatic carbocycles. The highest BCUT2D eigenvalue weighted by Crippen LogP contribution is 2.14. The third kappa shape index (κ3) is 4.39. The van der Waals surface area contributed by atoms with E-state index in [0.29, 0.717) is 19.7 Å². The van der Waals surface area contributed by atoms with Gasteiger partial charge in [-0.25, -0.2) is 4.79 Å². The van der Waals surface area contributed by atoms with Gasteiger partial charge in [-0.1, -0.05) is 13.3 Å². The normalized spacial score (nSPS) is 22.0. The molecule has 16 heavy (non-hydrogen) atoms. The van der Waals surface area contributed by atoms with Crippen LogP contribution >= 0.6 is 0 Å². The van der Waals surface area contributed by atoms with E-state index in [1.54, 1.807) is 4.90 Å². The molecule has 0 bridgehead atoms. The molecule has 1 unspecified atom stereocenters. The topological polar surface area (TPSA) is 38.8 Å². The van der Waals surface area contributed by atoms with Crippen LogP contribution in [0.5, 0.6) is 0 Å². The molecule has 0 saturated carbocycles. The largest absolute Gasteiger partial charge is 0.444 e. The number of carbonyl (C=O) groups excluding carboxylic acids is 1. The van der Waals surface area contributed by atoms with Crippen molar-refractivity contribution in [2.24, 2.45) is 0 Å². The van der Waals surface area contributed by atoms with Crippen molar-refractivity contribution in [2.45, 2.75) is 52.2 Å². The molecular weight excluding hydrogens is 206 g/mol. The summed E-state index contributed by atoms with van der Waals surface area (Å²) in [4.78, 5) is 13.6. The Labute approximate surface area is 97.9 Å². The van der Waals surface area contributed by atoms with Crippen molar-refractivity contribution in [2.75, 3.05) is 19.7 Å². The second-order valence-electron chi connectivity index (χ2n) is 5.21. The molecule has 1 fully saturated rings. The van der Waals surface area contributed by atoms with E-state index in [2.05, 4.69) is 6.92 Å². The van der Waals surface area contributed by atoms with Crippen LogP contribution in [0.1, 0.15) is 40.5 Å². The van der Waals surface area contributed by atoms with Crippen molar-refractivity contribution in [1.29, 1.82) is 0 Å². The van der Waals surface area contributed by atoms with Gasteiger partial charge in [0.25, 0.3) is 0 Å². The van der Waals surface area contributed by atoms with Gasteiger partial charge in [0.1, 0.15) is 5.60 Å². The number of hydrogen-bond donors (Lipinski definition) is 0. The van der Waals surface area contributed by atoms with Gasteiger partial charge in [-0.05, 0) is 27.2 Å². The molecule has 94 valence electrons. The zero-order chi connectivity index (χ0) is 12.2. The van der Waals surface area contributed by atoms with Crippen molar-refractivity contribution in [3.63, 3.8) is 0 Å². The average Bonchev–Trinajstić information content (AvgIpc) is 2.16. The summed E-state index contributed by atoms with van der Waals surface area (Å²) in [5, 5.41) is 0. The molecular formula is C12H23NO3. The van der Waals surface area contributed by atoms with Crippen LogP contribution in [0.25, 0.3) is 0 Å². The third-order valence-corrected chi connectivity index (χ3v) is 2.40. The van der Waals surface area contributed by atoms with E-state index in [1.165, 1.54) is 0 Å². The number of nitrogens with zero attached hydrogens (tertiary/aromatic N) is 1. The Bertz CT molecular complexity index is 233. The molecule has 1 aliphatic rings. The lowest BCUT2D eigenvalue weighted by Gasteiger charge is -2.34. The first-order valence-corrected chi connectivity index (χ1v) is 6.02. The zero-order valence-electron chi connectivity index (χ0n) is 10.8. The van der Waals surface area contributed by atoms with E-state index in [4.69, 9.17) is 9.47 Å². The summed E-state index contributed by atoms with van der Waals surface area (Å²) in [6, 6.07) is 0. The first-order valence-electron chi connectivity index (χ1n) is 6.02. The standard InChI is InChI=1S/C12H23NO3/c1-5-6-10-9-13(7-8-15-10)11(14)16-12(2,3)4/h10H,5-9H2,1-4H3. The van der Waals surface area contributed by atoms with Gasteiger partial charge in [-0.3, -0.25) is 0 Å². The smallest absolute Gasteiger partial charge is 0.410 e. The highest BCUT2D eigenvalue weighted by molar-refractivity contribution is 5.68. The lowest BCUT2D eigenvalue weighted by Crippen LogP contribution is -2.47. The molecule has 1 atom stereocenters. The number of rotatable bonds is 2. The number of carbonyl (C=O) groups is 1. The van der Waals surface area contributed by atoms with Crippen molar-refractivity contribution >= 4 is 6.09 Å². The van der Waals surface area contributed by atoms with Crippen molar-refractivity contribution < 1.29 is 14.3 Å². The fourth-order valence-electron chi connectivity index (χ4n) is 1.71. The van der Waals surface area contributed by atoms with Gasteiger partial charge in [0.05, 0.1) is 19.3 Å². The molecule has 1 saturated heterocycles. The maximum absolute atomic E-state index is 11.8. The summed E-state index contributed by atoms with van der Waals surface area (Å²) in [5.74, 6) is 0. The fraction of sp³-hybridized carbons (Fsp3) is 0.917. The van der Waals surface area contributed by atoms with Gasteiger partial charge in [-0.2, -0.15) is 0 Å². The van der Waals surface area contributed by atoms with Gasteiger partial charge >= 0.3 is 6.09 Å². The van der Waals surface area contributed by atoms with Gasteiger partial charge in [0, 0.05) is 6.54 Å². The second-order valence-corrected chi connectivity index (χ2v) is 5.21. The summed E-state index contributed by atoms with van der Waals surface area (Å²) < 4.78 is 10.9. The predicted molar refractivity (Wildman–Crippen MR) is 62.5 cm³/mol. The van der Waals surface area contributed by atoms with Crippen molar-refractivity contribution in [3.8, 4) is 0 Å². The van der Waals surface area contributed by atoms with Crippen LogP contribution in [0.3, 0.4) is 0 Å². The molecule has 4 nitrogen and oxygen atoms in total. The van der Waals surface area contributed by atoms with E-state index in [0.717, 1.165) is 12.8 Å². The Morgan fingerprint density at radius 2 is 2.19 bits per heavy atom. The highest BCUT2D eigenvalue weighted by atomic mass is 16.6. The Morgan fingerprint density at radius 3 is 2.75 bits per heavy atom. The maximum atomic E-state index is 11.8. The Kier molecular flexibility index (Phi) is 4.59. The molecule has 1 aliphatic heterocycles. The Morgan fingerprint density at radius 1 is 1.50 bits per heavy atom. The van der Waals surface area contributed by atoms with Gasteiger partial charge in [0.2, 0.25) is 0 Å². The monoisotopic (exact) mass is 229 g/mol. The predicted octanol–water partition coefficient (Wildman–Crippen LogP) is 2.42. The van der Waals surface area contributed by atoms with E-state index < -0.39 is 5.60 Å². The average molecular weight is 229 g/mol. The van der Waals surface area contributed by atoms with Crippen LogP contribution in [-0.4, -0.2) is 42.4 Å². The quantitative estimate of drug-likeness (QED) is 0.730. The minimum Gasteiger partial charge on any atom is -0.444 e. The molecule has 0 radical (unpaired) electrons. The fourth-order valence-corrected chi connectivity index (χ4v) is 1.71. The first kappa shape index (κ1) is 13.3. The van der Waals surface area contributed by atoms with Gasteiger partial charge in [-0.15, -0.1) is 0 Å². The zero-order valence-corrected chi connectivity index (χ0v) is 10.8. The van der Waals surface area contributed by atoms with Crippen molar-refractivity contribution in [3.05, 3.63) is 0 Å². The maximum Gasteiger partial charge on any atom is 0.410 e. The van der Waals surface area contributed by atoms with E-state index in [1.807, 2.05) is 20.8 Å². The lowest BCUT2D eigenvalue weighted by molar-refractivity contribution is -0.0446. The molecule has 1 amide bonds. The van der Waals surface area contributed by atoms with Crippen LogP contribution in [0, 0.1) is 0 Å². The number of morpholine rings is 1. The van der Waals surface area contributed by atoms with Gasteiger partial charge in [0.15, 0.2) is 0 Å². The summed E-state index contributed by atoms with van der Waals surface area (Å²) in [5.41, 5.74) is -0.421. The van der Waals surface area contributed by atoms with E-state index in [-0.39, 0.29) is 12.2 Å². The number of ether oxygens (including phenoxy) is 2. The van der Waals surface area contributed by atoms with E-state index >= 15 is 0 Å². The Hall–Kier alpha value is -0.770. The molecule has 0 N–H and O–H groups in total. The van der Waals surface area contributed by atoms with Crippen LogP contribution in [-0.2, 0) is 9.47 Å². The molecule has 0 spiro atoms. The summed E-state index contributed by atoms with van der Waals surface area (Å²) in [6.45, 7) is 9.68. The Balaban J connectivity index is 2.44. The van der Waals surface area contributed by atoms with Crippen LogP contribution < -0.4 is 0 Å². The van der Waals surface area contributed by atoms with Crippen LogP contribution in [0.15, 0.2) is 0 Å². The lowest BCUT2D eigenvalue weighted by atomic mass is 10.2. The number of amides is 1. The first-order chi connectivity index (χ1) is 7.42. The molecule has 4 heteroatoms.